The van der Waals surface area contributed by atoms with Crippen molar-refractivity contribution in [1.82, 2.24) is 0 Å². The molecule has 2 aromatic carbocycles. The smallest absolute Gasteiger partial charge is 0.120 e. The summed E-state index contributed by atoms with van der Waals surface area (Å²) >= 11 is 0. The summed E-state index contributed by atoms with van der Waals surface area (Å²) in [5, 5.41) is 12.9. The van der Waals surface area contributed by atoms with Crippen molar-refractivity contribution in [2.24, 2.45) is 0 Å². The third-order valence-electron chi connectivity index (χ3n) is 3.38. The van der Waals surface area contributed by atoms with E-state index in [1.165, 1.54) is 5.56 Å². The molecule has 0 radical (unpaired) electrons. The van der Waals surface area contributed by atoms with Gasteiger partial charge >= 0.3 is 0 Å². The monoisotopic (exact) mass is 271 g/mol. The first kappa shape index (κ1) is 14.4. The average Bonchev–Trinajstić information content (AvgIpc) is 2.53. The number of benzene rings is 2. The van der Waals surface area contributed by atoms with Crippen molar-refractivity contribution in [2.45, 2.75) is 19.4 Å². The average molecular weight is 271 g/mol. The van der Waals surface area contributed by atoms with E-state index < -0.39 is 0 Å². The Morgan fingerprint density at radius 2 is 1.90 bits per heavy atom. The summed E-state index contributed by atoms with van der Waals surface area (Å²) in [7, 11) is 1.64. The van der Waals surface area contributed by atoms with E-state index in [0.29, 0.717) is 0 Å². The Hall–Kier alpha value is -2.00. The van der Waals surface area contributed by atoms with E-state index in [1.807, 2.05) is 24.3 Å². The molecule has 0 spiro atoms. The fraction of sp³-hybridized carbons (Fsp3) is 0.294. The number of aliphatic hydroxyl groups is 1. The lowest BCUT2D eigenvalue weighted by molar-refractivity contribution is 0.276. The molecule has 0 saturated carbocycles. The summed E-state index contributed by atoms with van der Waals surface area (Å²) in [5.41, 5.74) is 3.31. The number of anilines is 1. The van der Waals surface area contributed by atoms with Gasteiger partial charge in [0.1, 0.15) is 5.75 Å². The van der Waals surface area contributed by atoms with Gasteiger partial charge in [-0.05, 0) is 29.7 Å². The predicted molar refractivity (Wildman–Crippen MR) is 82.3 cm³/mol. The van der Waals surface area contributed by atoms with Crippen LogP contribution in [0.15, 0.2) is 48.5 Å². The van der Waals surface area contributed by atoms with Crippen LogP contribution in [0.4, 0.5) is 5.69 Å². The van der Waals surface area contributed by atoms with Gasteiger partial charge < -0.3 is 15.2 Å². The Bertz CT molecular complexity index is 537. The van der Waals surface area contributed by atoms with Gasteiger partial charge in [-0.15, -0.1) is 0 Å². The maximum Gasteiger partial charge on any atom is 0.120 e. The standard InChI is InChI=1S/C17H21NO2/c1-3-13-7-9-14(10-8-13)17(12-19)18-15-5-4-6-16(11-15)20-2/h4-11,17-19H,3,12H2,1-2H3. The van der Waals surface area contributed by atoms with Crippen LogP contribution in [0.3, 0.4) is 0 Å². The molecule has 2 N–H and O–H groups in total. The van der Waals surface area contributed by atoms with Crippen molar-refractivity contribution in [3.05, 3.63) is 59.7 Å². The lowest BCUT2D eigenvalue weighted by Crippen LogP contribution is -2.14. The molecule has 0 saturated heterocycles. The van der Waals surface area contributed by atoms with Crippen molar-refractivity contribution in [1.29, 1.82) is 0 Å². The van der Waals surface area contributed by atoms with Gasteiger partial charge in [-0.25, -0.2) is 0 Å². The number of nitrogens with one attached hydrogen (secondary N) is 1. The molecule has 2 aromatic rings. The molecule has 0 amide bonds. The highest BCUT2D eigenvalue weighted by Gasteiger charge is 2.10. The fourth-order valence-electron chi connectivity index (χ4n) is 2.13. The van der Waals surface area contributed by atoms with Gasteiger partial charge in [0.2, 0.25) is 0 Å². The van der Waals surface area contributed by atoms with Crippen LogP contribution in [0.1, 0.15) is 24.1 Å². The fourth-order valence-corrected chi connectivity index (χ4v) is 2.13. The summed E-state index contributed by atoms with van der Waals surface area (Å²) in [5.74, 6) is 0.799. The summed E-state index contributed by atoms with van der Waals surface area (Å²) in [6.07, 6.45) is 1.02. The van der Waals surface area contributed by atoms with E-state index in [1.54, 1.807) is 7.11 Å². The van der Waals surface area contributed by atoms with Crippen LogP contribution < -0.4 is 10.1 Å². The molecule has 0 aliphatic rings. The largest absolute Gasteiger partial charge is 0.497 e. The summed E-state index contributed by atoms with van der Waals surface area (Å²) in [4.78, 5) is 0. The number of methoxy groups -OCH3 is 1. The molecule has 20 heavy (non-hydrogen) atoms. The van der Waals surface area contributed by atoms with Gasteiger partial charge in [-0.1, -0.05) is 37.3 Å². The first-order valence-electron chi connectivity index (χ1n) is 6.87. The minimum absolute atomic E-state index is 0.0443. The Morgan fingerprint density at radius 3 is 2.50 bits per heavy atom. The molecular weight excluding hydrogens is 250 g/mol. The third kappa shape index (κ3) is 3.52. The Kier molecular flexibility index (Phi) is 5.02. The second-order valence-corrected chi connectivity index (χ2v) is 4.71. The van der Waals surface area contributed by atoms with Crippen LogP contribution >= 0.6 is 0 Å². The zero-order valence-corrected chi connectivity index (χ0v) is 12.0. The van der Waals surface area contributed by atoms with Crippen molar-refractivity contribution in [2.75, 3.05) is 19.0 Å². The second-order valence-electron chi connectivity index (χ2n) is 4.71. The normalized spacial score (nSPS) is 11.9. The van der Waals surface area contributed by atoms with Gasteiger partial charge in [0, 0.05) is 11.8 Å². The quantitative estimate of drug-likeness (QED) is 0.846. The Labute approximate surface area is 120 Å². The molecule has 106 valence electrons. The van der Waals surface area contributed by atoms with E-state index in [9.17, 15) is 5.11 Å². The number of rotatable bonds is 6. The van der Waals surface area contributed by atoms with Crippen LogP contribution in [-0.2, 0) is 6.42 Å². The Balaban J connectivity index is 2.14. The van der Waals surface area contributed by atoms with Crippen molar-refractivity contribution in [3.8, 4) is 5.75 Å². The molecule has 0 bridgehead atoms. The molecule has 0 heterocycles. The number of aryl methyl sites for hydroxylation is 1. The van der Waals surface area contributed by atoms with Gasteiger partial charge in [-0.3, -0.25) is 0 Å². The van der Waals surface area contributed by atoms with Crippen molar-refractivity contribution in [3.63, 3.8) is 0 Å². The summed E-state index contributed by atoms with van der Waals surface area (Å²) < 4.78 is 5.20. The SMILES string of the molecule is CCc1ccc(C(CO)Nc2cccc(OC)c2)cc1. The minimum atomic E-state index is -0.118. The molecule has 1 unspecified atom stereocenters. The number of hydrogen-bond donors (Lipinski definition) is 2. The van der Waals surface area contributed by atoms with Crippen LogP contribution in [0.2, 0.25) is 0 Å². The molecule has 0 aromatic heterocycles. The molecule has 1 atom stereocenters. The van der Waals surface area contributed by atoms with Gasteiger partial charge in [0.15, 0.2) is 0 Å². The van der Waals surface area contributed by atoms with E-state index in [-0.39, 0.29) is 12.6 Å². The highest BCUT2D eigenvalue weighted by molar-refractivity contribution is 5.50. The number of ether oxygens (including phenoxy) is 1. The maximum absolute atomic E-state index is 9.60. The topological polar surface area (TPSA) is 41.5 Å². The van der Waals surface area contributed by atoms with Gasteiger partial charge in [0.05, 0.1) is 19.8 Å². The predicted octanol–water partition coefficient (Wildman–Crippen LogP) is 3.40. The van der Waals surface area contributed by atoms with E-state index in [2.05, 4.69) is 36.5 Å². The summed E-state index contributed by atoms with van der Waals surface area (Å²) in [6.45, 7) is 2.18. The summed E-state index contributed by atoms with van der Waals surface area (Å²) in [6, 6.07) is 15.9. The highest BCUT2D eigenvalue weighted by Crippen LogP contribution is 2.23. The molecule has 3 nitrogen and oxygen atoms in total. The highest BCUT2D eigenvalue weighted by atomic mass is 16.5. The molecular formula is C17H21NO2. The lowest BCUT2D eigenvalue weighted by atomic mass is 10.0. The van der Waals surface area contributed by atoms with Crippen LogP contribution in [0.5, 0.6) is 5.75 Å². The van der Waals surface area contributed by atoms with Crippen molar-refractivity contribution < 1.29 is 9.84 Å². The molecule has 0 aliphatic heterocycles. The third-order valence-corrected chi connectivity index (χ3v) is 3.38. The zero-order valence-electron chi connectivity index (χ0n) is 12.0. The van der Waals surface area contributed by atoms with Gasteiger partial charge in [0.25, 0.3) is 0 Å². The van der Waals surface area contributed by atoms with E-state index >= 15 is 0 Å². The zero-order chi connectivity index (χ0) is 14.4. The van der Waals surface area contributed by atoms with Crippen LogP contribution in [-0.4, -0.2) is 18.8 Å². The lowest BCUT2D eigenvalue weighted by Gasteiger charge is -2.19. The Morgan fingerprint density at radius 1 is 1.15 bits per heavy atom. The van der Waals surface area contributed by atoms with Gasteiger partial charge in [-0.2, -0.15) is 0 Å². The second kappa shape index (κ2) is 6.96. The van der Waals surface area contributed by atoms with Crippen LogP contribution in [0.25, 0.3) is 0 Å². The molecule has 3 heteroatoms. The van der Waals surface area contributed by atoms with Crippen molar-refractivity contribution >= 4 is 5.69 Å². The molecule has 0 aliphatic carbocycles. The van der Waals surface area contributed by atoms with Crippen LogP contribution in [0, 0.1) is 0 Å². The molecule has 0 fully saturated rings. The molecule has 2 rings (SSSR count). The first-order chi connectivity index (χ1) is 9.76. The number of hydrogen-bond acceptors (Lipinski definition) is 3. The first-order valence-corrected chi connectivity index (χ1v) is 6.87. The minimum Gasteiger partial charge on any atom is -0.497 e. The maximum atomic E-state index is 9.60. The van der Waals surface area contributed by atoms with E-state index in [0.717, 1.165) is 23.4 Å². The van der Waals surface area contributed by atoms with E-state index in [4.69, 9.17) is 4.74 Å². The number of aliphatic hydroxyl groups excluding tert-OH is 1.